The predicted octanol–water partition coefficient (Wildman–Crippen LogP) is 2.40. The van der Waals surface area contributed by atoms with Crippen molar-refractivity contribution in [3.05, 3.63) is 58.5 Å². The largest absolute Gasteiger partial charge is 0.519 e. The van der Waals surface area contributed by atoms with E-state index in [1.807, 2.05) is 36.4 Å². The van der Waals surface area contributed by atoms with Gasteiger partial charge in [-0.05, 0) is 11.6 Å². The summed E-state index contributed by atoms with van der Waals surface area (Å²) < 4.78 is 9.18. The molecule has 0 saturated heterocycles. The molecule has 0 radical (unpaired) electrons. The lowest BCUT2D eigenvalue weighted by Crippen LogP contribution is -1.84. The average molecular weight is 188 g/mol. The van der Waals surface area contributed by atoms with Gasteiger partial charge in [0, 0.05) is 0 Å². The van der Waals surface area contributed by atoms with Crippen LogP contribution in [0.15, 0.2) is 50.2 Å². The van der Waals surface area contributed by atoms with Crippen LogP contribution in [0, 0.1) is 0 Å². The smallest absolute Gasteiger partial charge is 0.399 e. The van der Waals surface area contributed by atoms with Crippen LogP contribution in [-0.2, 0) is 0 Å². The molecule has 0 atom stereocenters. The van der Waals surface area contributed by atoms with Crippen LogP contribution < -0.4 is 5.82 Å². The Morgan fingerprint density at radius 2 is 1.86 bits per heavy atom. The van der Waals surface area contributed by atoms with E-state index < -0.39 is 5.82 Å². The molecule has 14 heavy (non-hydrogen) atoms. The molecule has 3 heteroatoms. The molecule has 2 rings (SSSR count). The first-order valence-electron chi connectivity index (χ1n) is 4.16. The van der Waals surface area contributed by atoms with Crippen LogP contribution in [0.2, 0.25) is 0 Å². The fourth-order valence-corrected chi connectivity index (χ4v) is 1.07. The van der Waals surface area contributed by atoms with Gasteiger partial charge >= 0.3 is 5.82 Å². The molecule has 0 spiro atoms. The summed E-state index contributed by atoms with van der Waals surface area (Å²) in [5.41, 5.74) is 1.04. The topological polar surface area (TPSA) is 43.4 Å². The van der Waals surface area contributed by atoms with E-state index in [1.165, 1.54) is 6.26 Å². The number of hydrogen-bond acceptors (Lipinski definition) is 3. The van der Waals surface area contributed by atoms with Crippen LogP contribution in [-0.4, -0.2) is 0 Å². The lowest BCUT2D eigenvalue weighted by molar-refractivity contribution is 0.383. The molecular weight excluding hydrogens is 180 g/mol. The molecule has 0 fully saturated rings. The van der Waals surface area contributed by atoms with Gasteiger partial charge in [0.05, 0.1) is 0 Å². The molecule has 0 unspecified atom stereocenters. The Labute approximate surface area is 80.3 Å². The maximum absolute atomic E-state index is 10.5. The van der Waals surface area contributed by atoms with E-state index in [0.29, 0.717) is 5.76 Å². The maximum Gasteiger partial charge on any atom is 0.519 e. The van der Waals surface area contributed by atoms with Gasteiger partial charge in [-0.1, -0.05) is 36.4 Å². The summed E-state index contributed by atoms with van der Waals surface area (Å²) in [7, 11) is 0. The van der Waals surface area contributed by atoms with E-state index >= 15 is 0 Å². The molecule has 2 aromatic rings. The maximum atomic E-state index is 10.5. The number of rotatable bonds is 2. The highest BCUT2D eigenvalue weighted by Crippen LogP contribution is 2.05. The third-order valence-corrected chi connectivity index (χ3v) is 1.71. The van der Waals surface area contributed by atoms with Gasteiger partial charge < -0.3 is 8.83 Å². The molecule has 0 amide bonds. The third-order valence-electron chi connectivity index (χ3n) is 1.71. The highest BCUT2D eigenvalue weighted by molar-refractivity contribution is 5.66. The SMILES string of the molecule is O=c1occ(C=Cc2ccccc2)o1. The molecule has 0 saturated carbocycles. The Kier molecular flexibility index (Phi) is 2.32. The summed E-state index contributed by atoms with van der Waals surface area (Å²) in [6.07, 6.45) is 4.80. The van der Waals surface area contributed by atoms with Crippen molar-refractivity contribution >= 4 is 12.2 Å². The second-order valence-electron chi connectivity index (χ2n) is 2.73. The van der Waals surface area contributed by atoms with Gasteiger partial charge in [0.25, 0.3) is 0 Å². The standard InChI is InChI=1S/C11H8O3/c12-11-13-8-10(14-11)7-6-9-4-2-1-3-5-9/h1-8H. The predicted molar refractivity (Wildman–Crippen MR) is 52.6 cm³/mol. The fourth-order valence-electron chi connectivity index (χ4n) is 1.07. The average Bonchev–Trinajstić information content (AvgIpc) is 2.63. The third kappa shape index (κ3) is 2.01. The Hall–Kier alpha value is -2.03. The van der Waals surface area contributed by atoms with E-state index in [-0.39, 0.29) is 0 Å². The van der Waals surface area contributed by atoms with Crippen molar-refractivity contribution < 1.29 is 8.83 Å². The van der Waals surface area contributed by atoms with Gasteiger partial charge in [-0.3, -0.25) is 0 Å². The molecule has 70 valence electrons. The number of benzene rings is 1. The zero-order valence-electron chi connectivity index (χ0n) is 7.34. The first kappa shape index (κ1) is 8.56. The molecular formula is C11H8O3. The monoisotopic (exact) mass is 188 g/mol. The minimum atomic E-state index is -0.683. The molecule has 0 bridgehead atoms. The van der Waals surface area contributed by atoms with Crippen molar-refractivity contribution in [3.63, 3.8) is 0 Å². The lowest BCUT2D eigenvalue weighted by Gasteiger charge is -1.88. The highest BCUT2D eigenvalue weighted by Gasteiger charge is 1.94. The molecule has 1 heterocycles. The van der Waals surface area contributed by atoms with Gasteiger partial charge in [0.2, 0.25) is 0 Å². The van der Waals surface area contributed by atoms with Crippen molar-refractivity contribution in [2.24, 2.45) is 0 Å². The molecule has 3 nitrogen and oxygen atoms in total. The molecule has 1 aromatic carbocycles. The quantitative estimate of drug-likeness (QED) is 0.726. The van der Waals surface area contributed by atoms with Crippen molar-refractivity contribution in [1.29, 1.82) is 0 Å². The van der Waals surface area contributed by atoms with Crippen molar-refractivity contribution in [1.82, 2.24) is 0 Å². The molecule has 0 N–H and O–H groups in total. The van der Waals surface area contributed by atoms with E-state index in [9.17, 15) is 4.79 Å². The van der Waals surface area contributed by atoms with Gasteiger partial charge in [0.15, 0.2) is 5.76 Å². The Morgan fingerprint density at radius 1 is 1.07 bits per heavy atom. The second kappa shape index (κ2) is 3.79. The first-order valence-corrected chi connectivity index (χ1v) is 4.16. The highest BCUT2D eigenvalue weighted by atomic mass is 16.6. The lowest BCUT2D eigenvalue weighted by atomic mass is 10.2. The second-order valence-corrected chi connectivity index (χ2v) is 2.73. The van der Waals surface area contributed by atoms with Crippen LogP contribution in [0.4, 0.5) is 0 Å². The van der Waals surface area contributed by atoms with Crippen molar-refractivity contribution in [3.8, 4) is 0 Å². The summed E-state index contributed by atoms with van der Waals surface area (Å²) in [6.45, 7) is 0. The molecule has 0 aliphatic rings. The van der Waals surface area contributed by atoms with E-state index in [4.69, 9.17) is 4.42 Å². The van der Waals surface area contributed by atoms with Gasteiger partial charge in [-0.15, -0.1) is 0 Å². The van der Waals surface area contributed by atoms with E-state index in [1.54, 1.807) is 6.08 Å². The van der Waals surface area contributed by atoms with E-state index in [2.05, 4.69) is 4.42 Å². The Balaban J connectivity index is 2.19. The van der Waals surface area contributed by atoms with Crippen molar-refractivity contribution in [2.45, 2.75) is 0 Å². The summed E-state index contributed by atoms with van der Waals surface area (Å²) >= 11 is 0. The Morgan fingerprint density at radius 3 is 2.50 bits per heavy atom. The van der Waals surface area contributed by atoms with E-state index in [0.717, 1.165) is 5.56 Å². The van der Waals surface area contributed by atoms with Crippen molar-refractivity contribution in [2.75, 3.05) is 0 Å². The zero-order chi connectivity index (χ0) is 9.80. The normalized spacial score (nSPS) is 10.9. The zero-order valence-corrected chi connectivity index (χ0v) is 7.34. The summed E-state index contributed by atoms with van der Waals surface area (Å²) in [5.74, 6) is -0.267. The first-order chi connectivity index (χ1) is 6.84. The van der Waals surface area contributed by atoms with Crippen LogP contribution in [0.3, 0.4) is 0 Å². The molecule has 0 aliphatic carbocycles. The fraction of sp³-hybridized carbons (Fsp3) is 0. The van der Waals surface area contributed by atoms with Gasteiger partial charge in [-0.25, -0.2) is 4.79 Å². The minimum Gasteiger partial charge on any atom is -0.399 e. The molecule has 1 aromatic heterocycles. The van der Waals surface area contributed by atoms with Crippen LogP contribution in [0.5, 0.6) is 0 Å². The van der Waals surface area contributed by atoms with Gasteiger partial charge in [0.1, 0.15) is 6.26 Å². The summed E-state index contributed by atoms with van der Waals surface area (Å²) in [5, 5.41) is 0. The van der Waals surface area contributed by atoms with Crippen LogP contribution >= 0.6 is 0 Å². The molecule has 0 aliphatic heterocycles. The number of hydrogen-bond donors (Lipinski definition) is 0. The minimum absolute atomic E-state index is 0.416. The van der Waals surface area contributed by atoms with Crippen LogP contribution in [0.25, 0.3) is 12.2 Å². The van der Waals surface area contributed by atoms with Crippen LogP contribution in [0.1, 0.15) is 11.3 Å². The Bertz CT molecular complexity index is 476. The summed E-state index contributed by atoms with van der Waals surface area (Å²) in [4.78, 5) is 10.5. The van der Waals surface area contributed by atoms with Gasteiger partial charge in [-0.2, -0.15) is 0 Å². The summed E-state index contributed by atoms with van der Waals surface area (Å²) in [6, 6.07) is 9.72.